The van der Waals surface area contributed by atoms with Crippen molar-refractivity contribution in [2.45, 2.75) is 18.6 Å². The van der Waals surface area contributed by atoms with E-state index in [0.717, 1.165) is 16.9 Å². The fourth-order valence-corrected chi connectivity index (χ4v) is 4.24. The molecular weight excluding hydrogens is 434 g/mol. The Balaban J connectivity index is 1.46. The number of amides is 2. The number of hydrazine groups is 1. The van der Waals surface area contributed by atoms with Crippen molar-refractivity contribution in [3.8, 4) is 11.4 Å². The number of thioether (sulfide) groups is 1. The summed E-state index contributed by atoms with van der Waals surface area (Å²) in [4.78, 5) is 24.7. The maximum Gasteiger partial charge on any atom is 0.279 e. The fourth-order valence-electron chi connectivity index (χ4n) is 2.88. The lowest BCUT2D eigenvalue weighted by Gasteiger charge is -2.10. The number of aromatic nitrogens is 3. The van der Waals surface area contributed by atoms with Crippen LogP contribution in [0.25, 0.3) is 11.4 Å². The molecule has 1 aromatic carbocycles. The molecule has 31 heavy (non-hydrogen) atoms. The van der Waals surface area contributed by atoms with E-state index < -0.39 is 0 Å². The molecule has 2 amide bonds. The summed E-state index contributed by atoms with van der Waals surface area (Å²) in [5, 5.41) is 11.0. The average Bonchev–Trinajstić information content (AvgIpc) is 3.53. The molecule has 0 unspecified atom stereocenters. The molecule has 0 saturated heterocycles. The molecule has 0 aliphatic carbocycles. The van der Waals surface area contributed by atoms with Crippen molar-refractivity contribution >= 4 is 34.9 Å². The van der Waals surface area contributed by atoms with Crippen LogP contribution in [0.4, 0.5) is 0 Å². The zero-order valence-electron chi connectivity index (χ0n) is 16.6. The first-order valence-electron chi connectivity index (χ1n) is 9.39. The van der Waals surface area contributed by atoms with Crippen LogP contribution in [0.1, 0.15) is 21.0 Å². The van der Waals surface area contributed by atoms with Gasteiger partial charge in [0.25, 0.3) is 5.91 Å². The van der Waals surface area contributed by atoms with Crippen molar-refractivity contribution in [1.82, 2.24) is 25.6 Å². The Kier molecular flexibility index (Phi) is 6.48. The number of hydrogen-bond donors (Lipinski definition) is 2. The number of carbonyl (C=O) groups excluding carboxylic acids is 2. The molecule has 4 rings (SSSR count). The first kappa shape index (κ1) is 20.9. The number of carbonyl (C=O) groups is 2. The lowest BCUT2D eigenvalue weighted by atomic mass is 10.2. The summed E-state index contributed by atoms with van der Waals surface area (Å²) in [5.74, 6) is 0.794. The Hall–Kier alpha value is -3.37. The van der Waals surface area contributed by atoms with E-state index in [9.17, 15) is 9.59 Å². The maximum absolute atomic E-state index is 12.2. The van der Waals surface area contributed by atoms with Crippen molar-refractivity contribution in [3.63, 3.8) is 0 Å². The molecular formula is C21H19N5O3S2. The molecule has 0 aliphatic rings. The number of nitrogens with zero attached hydrogens (tertiary/aromatic N) is 3. The van der Waals surface area contributed by atoms with Gasteiger partial charge in [-0.2, -0.15) is 0 Å². The molecule has 3 aromatic heterocycles. The largest absolute Gasteiger partial charge is 0.469 e. The number of furan rings is 1. The molecule has 0 bridgehead atoms. The van der Waals surface area contributed by atoms with Gasteiger partial charge in [0.2, 0.25) is 5.91 Å². The second-order valence-electron chi connectivity index (χ2n) is 6.54. The highest BCUT2D eigenvalue weighted by Crippen LogP contribution is 2.27. The summed E-state index contributed by atoms with van der Waals surface area (Å²) in [6.45, 7) is 2.42. The van der Waals surface area contributed by atoms with Crippen LogP contribution in [0.5, 0.6) is 0 Å². The van der Waals surface area contributed by atoms with Crippen molar-refractivity contribution in [2.75, 3.05) is 5.75 Å². The van der Waals surface area contributed by atoms with Gasteiger partial charge in [-0.3, -0.25) is 25.0 Å². The molecule has 158 valence electrons. The normalized spacial score (nSPS) is 10.7. The number of nitrogens with one attached hydrogen (secondary N) is 2. The number of aryl methyl sites for hydroxylation is 1. The van der Waals surface area contributed by atoms with E-state index in [1.807, 2.05) is 47.9 Å². The summed E-state index contributed by atoms with van der Waals surface area (Å²) in [6.07, 6.45) is 1.61. The van der Waals surface area contributed by atoms with Gasteiger partial charge in [-0.05, 0) is 30.0 Å². The maximum atomic E-state index is 12.2. The number of rotatable bonds is 7. The smallest absolute Gasteiger partial charge is 0.279 e. The Labute approximate surface area is 186 Å². The van der Waals surface area contributed by atoms with E-state index >= 15 is 0 Å². The first-order chi connectivity index (χ1) is 15.1. The van der Waals surface area contributed by atoms with E-state index in [1.165, 1.54) is 23.1 Å². The molecule has 0 fully saturated rings. The molecule has 0 radical (unpaired) electrons. The lowest BCUT2D eigenvalue weighted by Crippen LogP contribution is -2.42. The lowest BCUT2D eigenvalue weighted by molar-refractivity contribution is -0.119. The van der Waals surface area contributed by atoms with Crippen LogP contribution < -0.4 is 10.9 Å². The number of benzene rings is 1. The molecule has 0 spiro atoms. The van der Waals surface area contributed by atoms with Gasteiger partial charge in [-0.25, -0.2) is 0 Å². The van der Waals surface area contributed by atoms with Crippen LogP contribution in [0.15, 0.2) is 69.7 Å². The summed E-state index contributed by atoms with van der Waals surface area (Å²) >= 11 is 2.55. The van der Waals surface area contributed by atoms with Crippen LogP contribution in [-0.4, -0.2) is 32.3 Å². The zero-order chi connectivity index (χ0) is 21.6. The van der Waals surface area contributed by atoms with Crippen LogP contribution >= 0.6 is 23.1 Å². The fraction of sp³-hybridized carbons (Fsp3) is 0.143. The second-order valence-corrected chi connectivity index (χ2v) is 8.43. The third-order valence-corrected chi connectivity index (χ3v) is 6.23. The van der Waals surface area contributed by atoms with Gasteiger partial charge < -0.3 is 4.42 Å². The van der Waals surface area contributed by atoms with Crippen LogP contribution in [-0.2, 0) is 11.3 Å². The zero-order valence-corrected chi connectivity index (χ0v) is 18.2. The molecule has 2 N–H and O–H groups in total. The van der Waals surface area contributed by atoms with Gasteiger partial charge in [-0.15, -0.1) is 21.5 Å². The van der Waals surface area contributed by atoms with Gasteiger partial charge in [0.1, 0.15) is 5.76 Å². The predicted octanol–water partition coefficient (Wildman–Crippen LogP) is 3.51. The quantitative estimate of drug-likeness (QED) is 0.328. The van der Waals surface area contributed by atoms with Gasteiger partial charge in [0.05, 0.1) is 29.0 Å². The summed E-state index contributed by atoms with van der Waals surface area (Å²) < 4.78 is 7.38. The van der Waals surface area contributed by atoms with Crippen molar-refractivity contribution < 1.29 is 14.0 Å². The summed E-state index contributed by atoms with van der Waals surface area (Å²) in [5.41, 5.74) is 6.78. The molecule has 0 saturated carbocycles. The van der Waals surface area contributed by atoms with Crippen molar-refractivity contribution in [3.05, 3.63) is 76.4 Å². The topological polar surface area (TPSA) is 102 Å². The second kappa shape index (κ2) is 9.63. The average molecular weight is 454 g/mol. The van der Waals surface area contributed by atoms with E-state index in [4.69, 9.17) is 4.42 Å². The van der Waals surface area contributed by atoms with E-state index in [1.54, 1.807) is 23.8 Å². The van der Waals surface area contributed by atoms with Crippen molar-refractivity contribution in [1.29, 1.82) is 0 Å². The van der Waals surface area contributed by atoms with Crippen LogP contribution in [0, 0.1) is 6.92 Å². The molecule has 4 aromatic rings. The number of thiophene rings is 1. The Morgan fingerprint density at radius 2 is 1.94 bits per heavy atom. The Morgan fingerprint density at radius 3 is 2.65 bits per heavy atom. The molecule has 8 nitrogen and oxygen atoms in total. The van der Waals surface area contributed by atoms with E-state index in [0.29, 0.717) is 22.4 Å². The van der Waals surface area contributed by atoms with Gasteiger partial charge in [0, 0.05) is 0 Å². The SMILES string of the molecule is Cc1occc1-c1nnc(SCC(=O)NNC(=O)c2cccs2)n1Cc1ccccc1. The van der Waals surface area contributed by atoms with Crippen molar-refractivity contribution in [2.24, 2.45) is 0 Å². The highest BCUT2D eigenvalue weighted by Gasteiger charge is 2.19. The van der Waals surface area contributed by atoms with E-state index in [-0.39, 0.29) is 17.6 Å². The third kappa shape index (κ3) is 5.04. The number of hydrogen-bond acceptors (Lipinski definition) is 7. The summed E-state index contributed by atoms with van der Waals surface area (Å²) in [6, 6.07) is 15.3. The minimum absolute atomic E-state index is 0.0714. The predicted molar refractivity (Wildman–Crippen MR) is 119 cm³/mol. The minimum atomic E-state index is -0.349. The third-order valence-electron chi connectivity index (χ3n) is 4.39. The highest BCUT2D eigenvalue weighted by atomic mass is 32.2. The van der Waals surface area contributed by atoms with Crippen LogP contribution in [0.2, 0.25) is 0 Å². The van der Waals surface area contributed by atoms with Gasteiger partial charge in [0.15, 0.2) is 11.0 Å². The monoisotopic (exact) mass is 453 g/mol. The Morgan fingerprint density at radius 1 is 1.10 bits per heavy atom. The molecule has 0 atom stereocenters. The van der Waals surface area contributed by atoms with Gasteiger partial charge >= 0.3 is 0 Å². The molecule has 3 heterocycles. The molecule has 0 aliphatic heterocycles. The minimum Gasteiger partial charge on any atom is -0.469 e. The van der Waals surface area contributed by atoms with Crippen LogP contribution in [0.3, 0.4) is 0 Å². The highest BCUT2D eigenvalue weighted by molar-refractivity contribution is 7.99. The Bertz CT molecular complexity index is 1170. The van der Waals surface area contributed by atoms with E-state index in [2.05, 4.69) is 21.0 Å². The standard InChI is InChI=1S/C21H19N5O3S2/c1-14-16(9-10-29-14)19-23-25-21(26(19)12-15-6-3-2-4-7-15)31-13-18(27)22-24-20(28)17-8-5-11-30-17/h2-11H,12-13H2,1H3,(H,22,27)(H,24,28). The summed E-state index contributed by atoms with van der Waals surface area (Å²) in [7, 11) is 0. The molecule has 10 heteroatoms. The van der Waals surface area contributed by atoms with Gasteiger partial charge in [-0.1, -0.05) is 48.2 Å². The first-order valence-corrected chi connectivity index (χ1v) is 11.3.